The molecule has 3 rings (SSSR count). The fraction of sp³-hybridized carbons (Fsp3) is 1.00. The van der Waals surface area contributed by atoms with E-state index in [1.54, 1.807) is 0 Å². The molecule has 3 heterocycles. The fourth-order valence-electron chi connectivity index (χ4n) is 3.79. The zero-order valence-electron chi connectivity index (χ0n) is 16.6. The van der Waals surface area contributed by atoms with Gasteiger partial charge in [0.2, 0.25) is 0 Å². The molecule has 182 valence electrons. The highest BCUT2D eigenvalue weighted by atomic mass is 16.8. The van der Waals surface area contributed by atoms with Crippen LogP contribution in [-0.4, -0.2) is 145 Å². The summed E-state index contributed by atoms with van der Waals surface area (Å²) in [5.74, 6) is 0. The molecular weight excluding hydrogens is 428 g/mol. The topological polar surface area (TPSA) is 228 Å². The van der Waals surface area contributed by atoms with E-state index in [4.69, 9.17) is 23.7 Å². The van der Waals surface area contributed by atoms with E-state index in [1.807, 2.05) is 0 Å². The van der Waals surface area contributed by atoms with Crippen molar-refractivity contribution < 1.29 is 69.6 Å². The zero-order chi connectivity index (χ0) is 23.0. The van der Waals surface area contributed by atoms with Gasteiger partial charge in [-0.15, -0.1) is 0 Å². The molecule has 3 fully saturated rings. The average Bonchev–Trinajstić information content (AvgIpc) is 3.02. The molecule has 0 saturated carbocycles. The maximum Gasteiger partial charge on any atom is 0.187 e. The van der Waals surface area contributed by atoms with Crippen LogP contribution >= 0.6 is 0 Å². The molecule has 0 aliphatic carbocycles. The van der Waals surface area contributed by atoms with Gasteiger partial charge < -0.3 is 69.6 Å². The molecule has 14 heteroatoms. The van der Waals surface area contributed by atoms with Crippen LogP contribution in [0.5, 0.6) is 0 Å². The molecule has 0 aromatic rings. The maximum atomic E-state index is 10.4. The largest absolute Gasteiger partial charge is 0.394 e. The van der Waals surface area contributed by atoms with Crippen LogP contribution in [0.15, 0.2) is 0 Å². The van der Waals surface area contributed by atoms with E-state index >= 15 is 0 Å². The Balaban J connectivity index is 1.80. The third-order valence-electron chi connectivity index (χ3n) is 5.70. The fourth-order valence-corrected chi connectivity index (χ4v) is 3.79. The minimum atomic E-state index is -1.83. The maximum absolute atomic E-state index is 10.4. The Labute approximate surface area is 176 Å². The zero-order valence-corrected chi connectivity index (χ0v) is 16.6. The van der Waals surface area contributed by atoms with Crippen molar-refractivity contribution in [2.45, 2.75) is 92.9 Å². The molecule has 0 radical (unpaired) electrons. The normalized spacial score (nSPS) is 53.6. The van der Waals surface area contributed by atoms with Gasteiger partial charge in [-0.05, 0) is 6.92 Å². The van der Waals surface area contributed by atoms with Crippen molar-refractivity contribution in [3.63, 3.8) is 0 Å². The minimum absolute atomic E-state index is 0.621. The summed E-state index contributed by atoms with van der Waals surface area (Å²) in [6.45, 7) is 0.0636. The average molecular weight is 458 g/mol. The molecule has 14 nitrogen and oxygen atoms in total. The predicted molar refractivity (Wildman–Crippen MR) is 93.8 cm³/mol. The highest BCUT2D eigenvalue weighted by molar-refractivity contribution is 4.95. The molecule has 0 aromatic heterocycles. The highest BCUT2D eigenvalue weighted by Gasteiger charge is 2.53. The molecule has 9 N–H and O–H groups in total. The van der Waals surface area contributed by atoms with Gasteiger partial charge in [0, 0.05) is 0 Å². The summed E-state index contributed by atoms with van der Waals surface area (Å²) < 4.78 is 26.8. The van der Waals surface area contributed by atoms with E-state index in [0.29, 0.717) is 0 Å². The van der Waals surface area contributed by atoms with Crippen LogP contribution < -0.4 is 0 Å². The summed E-state index contributed by atoms with van der Waals surface area (Å²) in [4.78, 5) is 0. The van der Waals surface area contributed by atoms with Crippen molar-refractivity contribution in [3.8, 4) is 0 Å². The van der Waals surface area contributed by atoms with Gasteiger partial charge in [0.25, 0.3) is 0 Å². The van der Waals surface area contributed by atoms with Crippen LogP contribution in [0.3, 0.4) is 0 Å². The molecule has 0 bridgehead atoms. The Kier molecular flexibility index (Phi) is 8.21. The second-order valence-electron chi connectivity index (χ2n) is 7.83. The number of ether oxygens (including phenoxy) is 5. The second kappa shape index (κ2) is 10.1. The van der Waals surface area contributed by atoms with E-state index in [1.165, 1.54) is 6.92 Å². The van der Waals surface area contributed by atoms with Gasteiger partial charge in [-0.1, -0.05) is 0 Å². The minimum Gasteiger partial charge on any atom is -0.394 e. The molecule has 3 aliphatic rings. The van der Waals surface area contributed by atoms with Crippen LogP contribution in [-0.2, 0) is 23.7 Å². The van der Waals surface area contributed by atoms with Gasteiger partial charge in [-0.2, -0.15) is 0 Å². The van der Waals surface area contributed by atoms with Crippen molar-refractivity contribution in [1.29, 1.82) is 0 Å². The van der Waals surface area contributed by atoms with Crippen LogP contribution in [0.2, 0.25) is 0 Å². The summed E-state index contributed by atoms with van der Waals surface area (Å²) in [5, 5.41) is 89.3. The molecular formula is C17H30O14. The molecule has 3 aliphatic heterocycles. The lowest BCUT2D eigenvalue weighted by Gasteiger charge is -2.46. The first-order valence-corrected chi connectivity index (χ1v) is 9.86. The van der Waals surface area contributed by atoms with E-state index in [0.717, 1.165) is 0 Å². The Morgan fingerprint density at radius 3 is 1.71 bits per heavy atom. The summed E-state index contributed by atoms with van der Waals surface area (Å²) in [5.41, 5.74) is 0. The van der Waals surface area contributed by atoms with Gasteiger partial charge in [-0.3, -0.25) is 0 Å². The Morgan fingerprint density at radius 2 is 1.13 bits per heavy atom. The number of aliphatic hydroxyl groups is 9. The molecule has 0 amide bonds. The van der Waals surface area contributed by atoms with Gasteiger partial charge >= 0.3 is 0 Å². The smallest absolute Gasteiger partial charge is 0.187 e. The number of hydrogen-bond donors (Lipinski definition) is 9. The number of rotatable bonds is 6. The van der Waals surface area contributed by atoms with E-state index in [2.05, 4.69) is 0 Å². The van der Waals surface area contributed by atoms with E-state index in [9.17, 15) is 46.0 Å². The van der Waals surface area contributed by atoms with Gasteiger partial charge in [0.1, 0.15) is 61.0 Å². The van der Waals surface area contributed by atoms with Crippen LogP contribution in [0.25, 0.3) is 0 Å². The monoisotopic (exact) mass is 458 g/mol. The first-order chi connectivity index (χ1) is 14.6. The number of aliphatic hydroxyl groups excluding tert-OH is 9. The summed E-state index contributed by atoms with van der Waals surface area (Å²) in [7, 11) is 0. The first-order valence-electron chi connectivity index (χ1n) is 9.86. The molecule has 14 atom stereocenters. The molecule has 0 spiro atoms. The SMILES string of the molecule is C[C@@H]1O[C@@H](O[C@H]2[C@H](O[C@@H]3O[C@@H](CO)[C@H](O)[C@H]3O)[C@@H](CO)OC(O)[C@@H]2O)[C@H](O)[C@H](O)[C@H]1O. The van der Waals surface area contributed by atoms with Gasteiger partial charge in [0.15, 0.2) is 18.9 Å². The Bertz CT molecular complexity index is 581. The summed E-state index contributed by atoms with van der Waals surface area (Å²) >= 11 is 0. The molecule has 1 unspecified atom stereocenters. The second-order valence-corrected chi connectivity index (χ2v) is 7.83. The third-order valence-corrected chi connectivity index (χ3v) is 5.70. The van der Waals surface area contributed by atoms with Crippen molar-refractivity contribution in [2.24, 2.45) is 0 Å². The van der Waals surface area contributed by atoms with E-state index in [-0.39, 0.29) is 0 Å². The highest BCUT2D eigenvalue weighted by Crippen LogP contribution is 2.32. The van der Waals surface area contributed by atoms with Crippen LogP contribution in [0.1, 0.15) is 6.92 Å². The van der Waals surface area contributed by atoms with Crippen LogP contribution in [0.4, 0.5) is 0 Å². The standard InChI is InChI=1S/C17H30O14/c1-4-7(20)9(22)11(24)16(27-4)31-14-12(25)15(26)28-6(3-19)13(14)30-17-10(23)8(21)5(2-18)29-17/h4-26H,2-3H2,1H3/t4-,5-,6+,7-,8-,9+,10+,11+,12+,13+,14+,15?,16-,17-/m0/s1. The molecule has 3 saturated heterocycles. The van der Waals surface area contributed by atoms with Crippen molar-refractivity contribution in [3.05, 3.63) is 0 Å². The van der Waals surface area contributed by atoms with Gasteiger partial charge in [-0.25, -0.2) is 0 Å². The lowest BCUT2D eigenvalue weighted by molar-refractivity contribution is -0.368. The molecule has 31 heavy (non-hydrogen) atoms. The predicted octanol–water partition coefficient (Wildman–Crippen LogP) is -5.91. The van der Waals surface area contributed by atoms with Crippen molar-refractivity contribution in [2.75, 3.05) is 13.2 Å². The van der Waals surface area contributed by atoms with Gasteiger partial charge in [0.05, 0.1) is 19.3 Å². The Hall–Kier alpha value is -0.560. The lowest BCUT2D eigenvalue weighted by atomic mass is 9.97. The van der Waals surface area contributed by atoms with Crippen molar-refractivity contribution >= 4 is 0 Å². The number of hydrogen-bond acceptors (Lipinski definition) is 14. The van der Waals surface area contributed by atoms with Crippen molar-refractivity contribution in [1.82, 2.24) is 0 Å². The first kappa shape index (κ1) is 25.1. The third kappa shape index (κ3) is 4.87. The molecule has 0 aromatic carbocycles. The van der Waals surface area contributed by atoms with E-state index < -0.39 is 99.2 Å². The summed E-state index contributed by atoms with van der Waals surface area (Å²) in [6, 6.07) is 0. The van der Waals surface area contributed by atoms with Crippen LogP contribution in [0, 0.1) is 0 Å². The quantitative estimate of drug-likeness (QED) is 0.181. The lowest BCUT2D eigenvalue weighted by Crippen LogP contribution is -2.65. The summed E-state index contributed by atoms with van der Waals surface area (Å²) in [6.07, 6.45) is -21.0. The Morgan fingerprint density at radius 1 is 0.581 bits per heavy atom.